The lowest BCUT2D eigenvalue weighted by molar-refractivity contribution is 0.395. The number of pyridine rings is 2. The van der Waals surface area contributed by atoms with E-state index in [2.05, 4.69) is 15.3 Å². The average molecular weight is 379 g/mol. The Morgan fingerprint density at radius 2 is 1.68 bits per heavy atom. The van der Waals surface area contributed by atoms with Crippen molar-refractivity contribution in [1.82, 2.24) is 9.97 Å². The van der Waals surface area contributed by atoms with E-state index in [-0.39, 0.29) is 0 Å². The van der Waals surface area contributed by atoms with Gasteiger partial charge in [0.2, 0.25) is 0 Å². The topological polar surface area (TPSA) is 82.3 Å². The number of nitrogens with zero attached hydrogens (tertiary/aromatic N) is 2. The van der Waals surface area contributed by atoms with Gasteiger partial charge in [0.05, 0.1) is 30.0 Å². The van der Waals surface area contributed by atoms with Gasteiger partial charge in [0.1, 0.15) is 23.1 Å². The standard InChI is InChI=1S/C17H16Cl2N4O2/c1-21-17-9-5-13(20)22-7-8(9)4-10(23-17)14-15(18)11(24-2)6-12(25-3)16(14)19/h4-7H,1-3H3,(H2,20,22)(H,21,23). The van der Waals surface area contributed by atoms with Crippen molar-refractivity contribution in [2.45, 2.75) is 0 Å². The molecule has 3 rings (SSSR count). The quantitative estimate of drug-likeness (QED) is 0.706. The predicted molar refractivity (Wildman–Crippen MR) is 102 cm³/mol. The third-order valence-corrected chi connectivity index (χ3v) is 4.55. The molecule has 0 saturated heterocycles. The Morgan fingerprint density at radius 1 is 1.04 bits per heavy atom. The van der Waals surface area contributed by atoms with Gasteiger partial charge in [0, 0.05) is 35.6 Å². The number of methoxy groups -OCH3 is 2. The summed E-state index contributed by atoms with van der Waals surface area (Å²) in [6.45, 7) is 0. The molecule has 0 fully saturated rings. The molecule has 25 heavy (non-hydrogen) atoms. The van der Waals surface area contributed by atoms with Crippen LogP contribution >= 0.6 is 23.2 Å². The van der Waals surface area contributed by atoms with E-state index in [0.717, 1.165) is 10.8 Å². The number of nitrogens with two attached hydrogens (primary N) is 1. The van der Waals surface area contributed by atoms with Gasteiger partial charge in [0.15, 0.2) is 0 Å². The second kappa shape index (κ2) is 6.82. The minimum absolute atomic E-state index is 0.352. The van der Waals surface area contributed by atoms with Gasteiger partial charge in [-0.15, -0.1) is 0 Å². The van der Waals surface area contributed by atoms with Crippen molar-refractivity contribution in [3.8, 4) is 22.8 Å². The molecule has 0 radical (unpaired) electrons. The molecule has 0 unspecified atom stereocenters. The summed E-state index contributed by atoms with van der Waals surface area (Å²) in [6, 6.07) is 5.23. The van der Waals surface area contributed by atoms with E-state index < -0.39 is 0 Å². The zero-order chi connectivity index (χ0) is 18.1. The van der Waals surface area contributed by atoms with Crippen molar-refractivity contribution < 1.29 is 9.47 Å². The van der Waals surface area contributed by atoms with Crippen LogP contribution in [-0.2, 0) is 0 Å². The van der Waals surface area contributed by atoms with Crippen LogP contribution < -0.4 is 20.5 Å². The SMILES string of the molecule is CNc1nc(-c2c(Cl)c(OC)cc(OC)c2Cl)cc2cnc(N)cc12. The summed E-state index contributed by atoms with van der Waals surface area (Å²) >= 11 is 13.0. The normalized spacial score (nSPS) is 10.8. The molecule has 0 saturated carbocycles. The van der Waals surface area contributed by atoms with Gasteiger partial charge in [-0.05, 0) is 12.1 Å². The molecule has 3 aromatic rings. The first kappa shape index (κ1) is 17.4. The predicted octanol–water partition coefficient (Wildman–Crippen LogP) is 4.24. The molecule has 0 atom stereocenters. The average Bonchev–Trinajstić information content (AvgIpc) is 2.61. The van der Waals surface area contributed by atoms with Crippen LogP contribution in [0.3, 0.4) is 0 Å². The van der Waals surface area contributed by atoms with Gasteiger partial charge < -0.3 is 20.5 Å². The van der Waals surface area contributed by atoms with Crippen molar-refractivity contribution in [3.05, 3.63) is 34.4 Å². The molecule has 0 spiro atoms. The van der Waals surface area contributed by atoms with Crippen LogP contribution in [0, 0.1) is 0 Å². The van der Waals surface area contributed by atoms with Crippen LogP contribution in [0.4, 0.5) is 11.6 Å². The third kappa shape index (κ3) is 2.99. The van der Waals surface area contributed by atoms with Gasteiger partial charge in [-0.3, -0.25) is 0 Å². The Hall–Kier alpha value is -2.44. The number of halogens is 2. The van der Waals surface area contributed by atoms with Crippen LogP contribution in [0.25, 0.3) is 22.0 Å². The van der Waals surface area contributed by atoms with E-state index in [1.54, 1.807) is 25.4 Å². The maximum Gasteiger partial charge on any atom is 0.141 e. The van der Waals surface area contributed by atoms with E-state index in [4.69, 9.17) is 38.4 Å². The molecule has 2 aromatic heterocycles. The lowest BCUT2D eigenvalue weighted by Crippen LogP contribution is -1.99. The van der Waals surface area contributed by atoms with E-state index in [0.29, 0.717) is 44.4 Å². The highest BCUT2D eigenvalue weighted by Gasteiger charge is 2.21. The number of hydrogen-bond acceptors (Lipinski definition) is 6. The number of hydrogen-bond donors (Lipinski definition) is 2. The summed E-state index contributed by atoms with van der Waals surface area (Å²) in [7, 11) is 4.83. The summed E-state index contributed by atoms with van der Waals surface area (Å²) in [6.07, 6.45) is 1.68. The van der Waals surface area contributed by atoms with Gasteiger partial charge in [-0.2, -0.15) is 0 Å². The summed E-state index contributed by atoms with van der Waals surface area (Å²) < 4.78 is 10.6. The summed E-state index contributed by atoms with van der Waals surface area (Å²) in [4.78, 5) is 8.77. The van der Waals surface area contributed by atoms with Crippen molar-refractivity contribution in [3.63, 3.8) is 0 Å². The number of anilines is 2. The molecule has 0 amide bonds. The fourth-order valence-corrected chi connectivity index (χ4v) is 3.29. The molecule has 1 aromatic carbocycles. The monoisotopic (exact) mass is 378 g/mol. The van der Waals surface area contributed by atoms with Gasteiger partial charge in [-0.1, -0.05) is 23.2 Å². The Bertz CT molecular complexity index is 935. The number of nitrogens with one attached hydrogen (secondary N) is 1. The second-order valence-corrected chi connectivity index (χ2v) is 5.98. The minimum atomic E-state index is 0.352. The third-order valence-electron chi connectivity index (χ3n) is 3.80. The second-order valence-electron chi connectivity index (χ2n) is 5.22. The first-order chi connectivity index (χ1) is 12.0. The van der Waals surface area contributed by atoms with Crippen molar-refractivity contribution in [1.29, 1.82) is 0 Å². The fraction of sp³-hybridized carbons (Fsp3) is 0.176. The van der Waals surface area contributed by atoms with E-state index in [9.17, 15) is 0 Å². The number of fused-ring (bicyclic) bond motifs is 1. The first-order valence-electron chi connectivity index (χ1n) is 7.34. The summed E-state index contributed by atoms with van der Waals surface area (Å²) in [5.41, 5.74) is 6.87. The molecule has 130 valence electrons. The van der Waals surface area contributed by atoms with Crippen LogP contribution in [0.5, 0.6) is 11.5 Å². The molecule has 0 aliphatic heterocycles. The Balaban J connectivity index is 2.35. The molecular weight excluding hydrogens is 363 g/mol. The maximum atomic E-state index is 6.49. The minimum Gasteiger partial charge on any atom is -0.495 e. The van der Waals surface area contributed by atoms with Crippen LogP contribution in [0.1, 0.15) is 0 Å². The van der Waals surface area contributed by atoms with Crippen molar-refractivity contribution >= 4 is 45.6 Å². The zero-order valence-electron chi connectivity index (χ0n) is 13.9. The highest BCUT2D eigenvalue weighted by atomic mass is 35.5. The van der Waals surface area contributed by atoms with E-state index in [1.165, 1.54) is 14.2 Å². The molecule has 3 N–H and O–H groups in total. The van der Waals surface area contributed by atoms with Crippen molar-refractivity contribution in [2.24, 2.45) is 0 Å². The number of ether oxygens (including phenoxy) is 2. The number of aromatic nitrogens is 2. The van der Waals surface area contributed by atoms with Crippen molar-refractivity contribution in [2.75, 3.05) is 32.3 Å². The Labute approximate surface area is 154 Å². The van der Waals surface area contributed by atoms with Gasteiger partial charge in [-0.25, -0.2) is 9.97 Å². The molecule has 2 heterocycles. The lowest BCUT2D eigenvalue weighted by atomic mass is 10.1. The molecular formula is C17H16Cl2N4O2. The number of benzene rings is 1. The molecule has 0 bridgehead atoms. The fourth-order valence-electron chi connectivity index (χ4n) is 2.59. The van der Waals surface area contributed by atoms with E-state index >= 15 is 0 Å². The maximum absolute atomic E-state index is 6.49. The number of nitrogen functional groups attached to an aromatic ring is 1. The lowest BCUT2D eigenvalue weighted by Gasteiger charge is -2.16. The molecule has 6 nitrogen and oxygen atoms in total. The van der Waals surface area contributed by atoms with E-state index in [1.807, 2.05) is 6.07 Å². The van der Waals surface area contributed by atoms with Crippen LogP contribution in [0.15, 0.2) is 24.4 Å². The Morgan fingerprint density at radius 3 is 2.24 bits per heavy atom. The largest absolute Gasteiger partial charge is 0.495 e. The smallest absolute Gasteiger partial charge is 0.141 e. The summed E-state index contributed by atoms with van der Waals surface area (Å²) in [5.74, 6) is 1.94. The zero-order valence-corrected chi connectivity index (χ0v) is 15.4. The van der Waals surface area contributed by atoms with Gasteiger partial charge >= 0.3 is 0 Å². The van der Waals surface area contributed by atoms with Gasteiger partial charge in [0.25, 0.3) is 0 Å². The van der Waals surface area contributed by atoms with Crippen LogP contribution in [-0.4, -0.2) is 31.2 Å². The highest BCUT2D eigenvalue weighted by molar-refractivity contribution is 6.41. The molecule has 0 aliphatic carbocycles. The number of rotatable bonds is 4. The van der Waals surface area contributed by atoms with Crippen LogP contribution in [0.2, 0.25) is 10.0 Å². The Kier molecular flexibility index (Phi) is 4.74. The molecule has 8 heteroatoms. The molecule has 0 aliphatic rings. The summed E-state index contributed by atoms with van der Waals surface area (Å²) in [5, 5.41) is 5.46. The highest BCUT2D eigenvalue weighted by Crippen LogP contribution is 2.46. The first-order valence-corrected chi connectivity index (χ1v) is 8.10.